The quantitative estimate of drug-likeness (QED) is 0.352. The van der Waals surface area contributed by atoms with Crippen LogP contribution in [0.5, 0.6) is 5.75 Å². The van der Waals surface area contributed by atoms with Gasteiger partial charge < -0.3 is 19.4 Å². The molecule has 2 aromatic carbocycles. The van der Waals surface area contributed by atoms with Crippen LogP contribution in [0, 0.1) is 0 Å². The predicted octanol–water partition coefficient (Wildman–Crippen LogP) is 4.98. The van der Waals surface area contributed by atoms with Crippen LogP contribution in [0.15, 0.2) is 94.9 Å². The number of nitrogens with zero attached hydrogens (tertiary/aromatic N) is 1. The van der Waals surface area contributed by atoms with E-state index in [9.17, 15) is 9.59 Å². The molecule has 4 aromatic rings. The van der Waals surface area contributed by atoms with Crippen molar-refractivity contribution in [1.82, 2.24) is 10.2 Å². The molecular formula is C27H26N2O4S. The lowest BCUT2D eigenvalue weighted by Crippen LogP contribution is -2.43. The molecule has 0 spiro atoms. The molecule has 0 unspecified atom stereocenters. The average molecular weight is 475 g/mol. The maximum atomic E-state index is 13.6. The number of hydrogen-bond donors (Lipinski definition) is 1. The largest absolute Gasteiger partial charge is 0.497 e. The van der Waals surface area contributed by atoms with Crippen LogP contribution in [0.1, 0.15) is 27.8 Å². The first-order valence-corrected chi connectivity index (χ1v) is 11.8. The lowest BCUT2D eigenvalue weighted by atomic mass is 10.0. The summed E-state index contributed by atoms with van der Waals surface area (Å²) in [5, 5.41) is 4.95. The maximum absolute atomic E-state index is 13.6. The Kier molecular flexibility index (Phi) is 7.78. The van der Waals surface area contributed by atoms with Crippen molar-refractivity contribution in [3.05, 3.63) is 112 Å². The van der Waals surface area contributed by atoms with Crippen molar-refractivity contribution in [2.45, 2.75) is 25.6 Å². The van der Waals surface area contributed by atoms with Crippen molar-refractivity contribution in [2.75, 3.05) is 7.11 Å². The summed E-state index contributed by atoms with van der Waals surface area (Å²) in [6.07, 6.45) is 1.77. The summed E-state index contributed by atoms with van der Waals surface area (Å²) in [7, 11) is 1.59. The number of ether oxygens (including phenoxy) is 1. The van der Waals surface area contributed by atoms with E-state index in [0.717, 1.165) is 10.4 Å². The van der Waals surface area contributed by atoms with Gasteiger partial charge in [0.05, 0.1) is 26.3 Å². The molecule has 0 saturated carbocycles. The van der Waals surface area contributed by atoms with Gasteiger partial charge in [0.15, 0.2) is 0 Å². The number of furan rings is 1. The highest BCUT2D eigenvalue weighted by Gasteiger charge is 2.32. The number of thiophene rings is 1. The minimum absolute atomic E-state index is 0.158. The van der Waals surface area contributed by atoms with Crippen molar-refractivity contribution in [3.63, 3.8) is 0 Å². The highest BCUT2D eigenvalue weighted by Crippen LogP contribution is 2.27. The van der Waals surface area contributed by atoms with Crippen molar-refractivity contribution in [2.24, 2.45) is 0 Å². The zero-order valence-electron chi connectivity index (χ0n) is 18.8. The standard InChI is InChI=1S/C27H26N2O4S/c1-32-22-13-11-21(12-14-22)26(27(31)28-18-20-7-3-2-4-8-20)29(19-23-9-5-15-33-23)25(30)17-24-10-6-16-34-24/h2-16,26H,17-19H2,1H3,(H,28,31)/t26-/m0/s1. The Labute approximate surface area is 202 Å². The van der Waals surface area contributed by atoms with Gasteiger partial charge in [0.1, 0.15) is 17.6 Å². The van der Waals surface area contributed by atoms with E-state index in [2.05, 4.69) is 5.32 Å². The zero-order chi connectivity index (χ0) is 23.8. The summed E-state index contributed by atoms with van der Waals surface area (Å²) < 4.78 is 10.8. The molecule has 4 rings (SSSR count). The highest BCUT2D eigenvalue weighted by molar-refractivity contribution is 7.10. The molecule has 0 fully saturated rings. The second-order valence-electron chi connectivity index (χ2n) is 7.74. The van der Waals surface area contributed by atoms with Crippen LogP contribution in [0.25, 0.3) is 0 Å². The Morgan fingerprint density at radius 1 is 1.00 bits per heavy atom. The first kappa shape index (κ1) is 23.3. The van der Waals surface area contributed by atoms with Gasteiger partial charge >= 0.3 is 0 Å². The second-order valence-corrected chi connectivity index (χ2v) is 8.77. The second kappa shape index (κ2) is 11.3. The molecule has 2 aromatic heterocycles. The summed E-state index contributed by atoms with van der Waals surface area (Å²) in [6, 6.07) is 23.5. The number of carbonyl (C=O) groups is 2. The summed E-state index contributed by atoms with van der Waals surface area (Å²) >= 11 is 1.52. The van der Waals surface area contributed by atoms with Crippen LogP contribution < -0.4 is 10.1 Å². The molecule has 0 radical (unpaired) electrons. The molecule has 0 aliphatic carbocycles. The summed E-state index contributed by atoms with van der Waals surface area (Å²) in [5.74, 6) is 0.859. The van der Waals surface area contributed by atoms with Gasteiger partial charge in [-0.1, -0.05) is 48.5 Å². The van der Waals surface area contributed by atoms with Crippen LogP contribution in [0.2, 0.25) is 0 Å². The molecule has 7 heteroatoms. The molecule has 1 atom stereocenters. The fourth-order valence-corrected chi connectivity index (χ4v) is 4.39. The van der Waals surface area contributed by atoms with Gasteiger partial charge in [-0.15, -0.1) is 11.3 Å². The van der Waals surface area contributed by atoms with E-state index in [0.29, 0.717) is 23.6 Å². The fourth-order valence-electron chi connectivity index (χ4n) is 3.70. The highest BCUT2D eigenvalue weighted by atomic mass is 32.1. The van der Waals surface area contributed by atoms with Crippen LogP contribution in [-0.2, 0) is 29.1 Å². The Morgan fingerprint density at radius 3 is 2.44 bits per heavy atom. The van der Waals surface area contributed by atoms with Gasteiger partial charge in [-0.25, -0.2) is 0 Å². The Balaban J connectivity index is 1.66. The molecule has 0 aliphatic rings. The molecule has 0 saturated heterocycles. The van der Waals surface area contributed by atoms with Crippen molar-refractivity contribution >= 4 is 23.2 Å². The van der Waals surface area contributed by atoms with Crippen molar-refractivity contribution in [1.29, 1.82) is 0 Å². The first-order valence-electron chi connectivity index (χ1n) is 10.9. The first-order chi connectivity index (χ1) is 16.6. The van der Waals surface area contributed by atoms with Crippen LogP contribution >= 0.6 is 11.3 Å². The van der Waals surface area contributed by atoms with Crippen LogP contribution in [0.4, 0.5) is 0 Å². The number of rotatable bonds is 10. The number of hydrogen-bond acceptors (Lipinski definition) is 5. The third-order valence-electron chi connectivity index (χ3n) is 5.43. The monoisotopic (exact) mass is 474 g/mol. The van der Waals surface area contributed by atoms with E-state index in [4.69, 9.17) is 9.15 Å². The van der Waals surface area contributed by atoms with Crippen LogP contribution in [0.3, 0.4) is 0 Å². The van der Waals surface area contributed by atoms with Gasteiger partial charge in [0.25, 0.3) is 0 Å². The minimum atomic E-state index is -0.841. The number of carbonyl (C=O) groups excluding carboxylic acids is 2. The van der Waals surface area contributed by atoms with E-state index in [1.807, 2.05) is 60.0 Å². The zero-order valence-corrected chi connectivity index (χ0v) is 19.7. The predicted molar refractivity (Wildman–Crippen MR) is 131 cm³/mol. The number of nitrogens with one attached hydrogen (secondary N) is 1. The van der Waals surface area contributed by atoms with Crippen molar-refractivity contribution in [3.8, 4) is 5.75 Å². The Morgan fingerprint density at radius 2 is 1.79 bits per heavy atom. The van der Waals surface area contributed by atoms with E-state index in [1.54, 1.807) is 42.5 Å². The molecule has 1 N–H and O–H groups in total. The van der Waals surface area contributed by atoms with Gasteiger partial charge in [-0.3, -0.25) is 9.59 Å². The molecule has 2 amide bonds. The fraction of sp³-hybridized carbons (Fsp3) is 0.185. The Hall–Kier alpha value is -3.84. The van der Waals surface area contributed by atoms with Crippen LogP contribution in [-0.4, -0.2) is 23.8 Å². The van der Waals surface area contributed by atoms with E-state index in [1.165, 1.54) is 11.3 Å². The number of benzene rings is 2. The van der Waals surface area contributed by atoms with E-state index >= 15 is 0 Å². The lowest BCUT2D eigenvalue weighted by molar-refractivity contribution is -0.141. The number of methoxy groups -OCH3 is 1. The lowest BCUT2D eigenvalue weighted by Gasteiger charge is -2.31. The minimum Gasteiger partial charge on any atom is -0.497 e. The molecule has 174 valence electrons. The summed E-state index contributed by atoms with van der Waals surface area (Å²) in [6.45, 7) is 0.534. The average Bonchev–Trinajstić information content (AvgIpc) is 3.58. The molecule has 6 nitrogen and oxygen atoms in total. The van der Waals surface area contributed by atoms with Crippen molar-refractivity contribution < 1.29 is 18.7 Å². The van der Waals surface area contributed by atoms with E-state index in [-0.39, 0.29) is 24.8 Å². The smallest absolute Gasteiger partial charge is 0.247 e. The molecule has 2 heterocycles. The van der Waals surface area contributed by atoms with Gasteiger partial charge in [-0.2, -0.15) is 0 Å². The third-order valence-corrected chi connectivity index (χ3v) is 6.31. The van der Waals surface area contributed by atoms with E-state index < -0.39 is 6.04 Å². The number of amides is 2. The summed E-state index contributed by atoms with van der Waals surface area (Å²) in [4.78, 5) is 29.6. The van der Waals surface area contributed by atoms with Gasteiger partial charge in [0.2, 0.25) is 11.8 Å². The van der Waals surface area contributed by atoms with Gasteiger partial charge in [-0.05, 0) is 46.8 Å². The SMILES string of the molecule is COc1ccc([C@@H](C(=O)NCc2ccccc2)N(Cc2ccco2)C(=O)Cc2cccs2)cc1. The summed E-state index contributed by atoms with van der Waals surface area (Å²) in [5.41, 5.74) is 1.67. The topological polar surface area (TPSA) is 71.8 Å². The molecule has 0 bridgehead atoms. The molecular weight excluding hydrogens is 448 g/mol. The molecule has 0 aliphatic heterocycles. The maximum Gasteiger partial charge on any atom is 0.247 e. The molecule has 34 heavy (non-hydrogen) atoms. The Bertz CT molecular complexity index is 1170. The van der Waals surface area contributed by atoms with Gasteiger partial charge in [0, 0.05) is 11.4 Å². The normalized spacial score (nSPS) is 11.6. The third kappa shape index (κ3) is 5.94.